The minimum Gasteiger partial charge on any atom is -0.475 e. The maximum atomic E-state index is 12.9. The lowest BCUT2D eigenvalue weighted by atomic mass is 10.1. The standard InChI is InChI=1S/C26H37N9O2/c1-6-7-19(4)37-24-9-8-21(16-27-24)20(5)29-26(36)35-12-10-34(11-13-35)25-28-17(2)14-22(31-25)30-23-15-18(3)32-33-23/h8-9,14-16,19-20H,6-7,10-13H2,1-5H3,(H,29,36)(H2,28,30,31,32,33)/t19-,20-/m0/s1. The Kier molecular flexibility index (Phi) is 8.42. The molecule has 11 nitrogen and oxygen atoms in total. The van der Waals surface area contributed by atoms with Crippen molar-refractivity contribution < 1.29 is 9.53 Å². The Morgan fingerprint density at radius 3 is 2.54 bits per heavy atom. The molecule has 0 radical (unpaired) electrons. The van der Waals surface area contributed by atoms with Crippen LogP contribution in [0.3, 0.4) is 0 Å². The molecule has 3 aromatic rings. The molecule has 3 N–H and O–H groups in total. The predicted octanol–water partition coefficient (Wildman–Crippen LogP) is 4.12. The molecule has 1 aliphatic rings. The third kappa shape index (κ3) is 7.08. The molecule has 0 bridgehead atoms. The topological polar surface area (TPSA) is 124 Å². The van der Waals surface area contributed by atoms with Gasteiger partial charge in [-0.15, -0.1) is 0 Å². The monoisotopic (exact) mass is 507 g/mol. The van der Waals surface area contributed by atoms with Crippen LogP contribution in [0.2, 0.25) is 0 Å². The van der Waals surface area contributed by atoms with E-state index in [0.717, 1.165) is 29.8 Å². The Labute approximate surface area is 218 Å². The first kappa shape index (κ1) is 26.2. The van der Waals surface area contributed by atoms with E-state index in [-0.39, 0.29) is 18.2 Å². The van der Waals surface area contributed by atoms with Crippen LogP contribution in [-0.2, 0) is 0 Å². The van der Waals surface area contributed by atoms with Gasteiger partial charge in [0, 0.05) is 62.0 Å². The highest BCUT2D eigenvalue weighted by atomic mass is 16.5. The molecular formula is C26H37N9O2. The molecule has 37 heavy (non-hydrogen) atoms. The summed E-state index contributed by atoms with van der Waals surface area (Å²) in [4.78, 5) is 30.5. The average Bonchev–Trinajstić information content (AvgIpc) is 3.28. The molecule has 198 valence electrons. The summed E-state index contributed by atoms with van der Waals surface area (Å²) in [5.74, 6) is 2.65. The van der Waals surface area contributed by atoms with Crippen molar-refractivity contribution in [2.45, 2.75) is 59.6 Å². The van der Waals surface area contributed by atoms with E-state index in [2.05, 4.69) is 47.6 Å². The van der Waals surface area contributed by atoms with Crippen LogP contribution in [0, 0.1) is 13.8 Å². The number of hydrogen-bond acceptors (Lipinski definition) is 8. The number of anilines is 3. The van der Waals surface area contributed by atoms with E-state index in [1.165, 1.54) is 0 Å². The van der Waals surface area contributed by atoms with E-state index in [1.807, 2.05) is 56.9 Å². The fourth-order valence-corrected chi connectivity index (χ4v) is 4.23. The van der Waals surface area contributed by atoms with Gasteiger partial charge < -0.3 is 25.2 Å². The fourth-order valence-electron chi connectivity index (χ4n) is 4.23. The number of pyridine rings is 1. The number of aromatic nitrogens is 5. The van der Waals surface area contributed by atoms with Crippen molar-refractivity contribution in [3.05, 3.63) is 47.4 Å². The lowest BCUT2D eigenvalue weighted by molar-refractivity contribution is 0.191. The Bertz CT molecular complexity index is 1170. The normalized spacial score (nSPS) is 15.3. The maximum Gasteiger partial charge on any atom is 0.317 e. The van der Waals surface area contributed by atoms with Crippen LogP contribution in [0.15, 0.2) is 30.5 Å². The van der Waals surface area contributed by atoms with Crippen molar-refractivity contribution in [1.82, 2.24) is 35.4 Å². The van der Waals surface area contributed by atoms with E-state index < -0.39 is 0 Å². The van der Waals surface area contributed by atoms with E-state index >= 15 is 0 Å². The lowest BCUT2D eigenvalue weighted by Crippen LogP contribution is -2.52. The Morgan fingerprint density at radius 2 is 1.89 bits per heavy atom. The first-order valence-electron chi connectivity index (χ1n) is 12.9. The van der Waals surface area contributed by atoms with E-state index in [0.29, 0.717) is 49.6 Å². The molecule has 0 saturated carbocycles. The van der Waals surface area contributed by atoms with Crippen LogP contribution in [-0.4, -0.2) is 68.4 Å². The first-order valence-corrected chi connectivity index (χ1v) is 12.9. The smallest absolute Gasteiger partial charge is 0.317 e. The molecule has 0 aromatic carbocycles. The molecule has 2 amide bonds. The molecule has 1 fully saturated rings. The molecule has 0 unspecified atom stereocenters. The highest BCUT2D eigenvalue weighted by molar-refractivity contribution is 5.75. The Morgan fingerprint density at radius 1 is 1.11 bits per heavy atom. The second-order valence-corrected chi connectivity index (χ2v) is 9.55. The van der Waals surface area contributed by atoms with Crippen molar-refractivity contribution in [1.29, 1.82) is 0 Å². The highest BCUT2D eigenvalue weighted by Crippen LogP contribution is 2.20. The summed E-state index contributed by atoms with van der Waals surface area (Å²) in [6.45, 7) is 12.5. The number of aryl methyl sites for hydroxylation is 2. The first-order chi connectivity index (χ1) is 17.8. The zero-order chi connectivity index (χ0) is 26.4. The molecular weight excluding hydrogens is 470 g/mol. The largest absolute Gasteiger partial charge is 0.475 e. The molecule has 0 aliphatic carbocycles. The van der Waals surface area contributed by atoms with Gasteiger partial charge in [-0.1, -0.05) is 19.4 Å². The third-order valence-corrected chi connectivity index (χ3v) is 6.27. The van der Waals surface area contributed by atoms with E-state index in [4.69, 9.17) is 4.74 Å². The molecule has 4 rings (SSSR count). The number of nitrogens with zero attached hydrogens (tertiary/aromatic N) is 6. The SMILES string of the molecule is CCC[C@H](C)Oc1ccc([C@H](C)NC(=O)N2CCN(c3nc(C)cc(Nc4cc(C)[nH]n4)n3)CC2)cn1. The Balaban J connectivity index is 1.29. The molecule has 1 aliphatic heterocycles. The van der Waals surface area contributed by atoms with E-state index in [9.17, 15) is 4.79 Å². The van der Waals surface area contributed by atoms with Crippen LogP contribution in [0.4, 0.5) is 22.4 Å². The van der Waals surface area contributed by atoms with Crippen LogP contribution < -0.4 is 20.3 Å². The quantitative estimate of drug-likeness (QED) is 0.395. The number of rotatable bonds is 9. The molecule has 1 saturated heterocycles. The Hall–Kier alpha value is -3.89. The van der Waals surface area contributed by atoms with Gasteiger partial charge in [-0.2, -0.15) is 10.1 Å². The molecule has 4 heterocycles. The summed E-state index contributed by atoms with van der Waals surface area (Å²) < 4.78 is 5.83. The van der Waals surface area contributed by atoms with Crippen LogP contribution in [0.5, 0.6) is 5.88 Å². The fraction of sp³-hybridized carbons (Fsp3) is 0.500. The van der Waals surface area contributed by atoms with Gasteiger partial charge in [-0.25, -0.2) is 14.8 Å². The van der Waals surface area contributed by atoms with Gasteiger partial charge >= 0.3 is 6.03 Å². The number of aromatic amines is 1. The molecule has 3 aromatic heterocycles. The molecule has 2 atom stereocenters. The second-order valence-electron chi connectivity index (χ2n) is 9.55. The van der Waals surface area contributed by atoms with Crippen molar-refractivity contribution in [2.75, 3.05) is 36.4 Å². The van der Waals surface area contributed by atoms with Gasteiger partial charge in [0.1, 0.15) is 5.82 Å². The highest BCUT2D eigenvalue weighted by Gasteiger charge is 2.24. The van der Waals surface area contributed by atoms with E-state index in [1.54, 1.807) is 6.20 Å². The number of ether oxygens (including phenoxy) is 1. The number of nitrogens with one attached hydrogen (secondary N) is 3. The van der Waals surface area contributed by atoms with Gasteiger partial charge in [0.25, 0.3) is 0 Å². The summed E-state index contributed by atoms with van der Waals surface area (Å²) in [6.07, 6.45) is 3.95. The van der Waals surface area contributed by atoms with Gasteiger partial charge in [-0.3, -0.25) is 5.10 Å². The van der Waals surface area contributed by atoms with Crippen LogP contribution in [0.1, 0.15) is 56.6 Å². The molecule has 0 spiro atoms. The summed E-state index contributed by atoms with van der Waals surface area (Å²) in [6, 6.07) is 7.36. The van der Waals surface area contributed by atoms with Crippen molar-refractivity contribution in [3.63, 3.8) is 0 Å². The summed E-state index contributed by atoms with van der Waals surface area (Å²) in [5.41, 5.74) is 2.76. The third-order valence-electron chi connectivity index (χ3n) is 6.27. The average molecular weight is 508 g/mol. The number of piperazine rings is 1. The predicted molar refractivity (Wildman–Crippen MR) is 143 cm³/mol. The summed E-state index contributed by atoms with van der Waals surface area (Å²) in [7, 11) is 0. The number of carbonyl (C=O) groups excluding carboxylic acids is 1. The summed E-state index contributed by atoms with van der Waals surface area (Å²) >= 11 is 0. The number of hydrogen-bond donors (Lipinski definition) is 3. The number of H-pyrrole nitrogens is 1. The second kappa shape index (κ2) is 11.9. The van der Waals surface area contributed by atoms with Crippen molar-refractivity contribution in [2.24, 2.45) is 0 Å². The van der Waals surface area contributed by atoms with Crippen molar-refractivity contribution >= 4 is 23.6 Å². The minimum absolute atomic E-state index is 0.0922. The number of carbonyl (C=O) groups is 1. The van der Waals surface area contributed by atoms with Gasteiger partial charge in [0.2, 0.25) is 11.8 Å². The van der Waals surface area contributed by atoms with Crippen LogP contribution in [0.25, 0.3) is 0 Å². The minimum atomic E-state index is -0.167. The zero-order valence-electron chi connectivity index (χ0n) is 22.3. The summed E-state index contributed by atoms with van der Waals surface area (Å²) in [5, 5.41) is 13.4. The van der Waals surface area contributed by atoms with Gasteiger partial charge in [0.15, 0.2) is 5.82 Å². The number of urea groups is 1. The lowest BCUT2D eigenvalue weighted by Gasteiger charge is -2.35. The maximum absolute atomic E-state index is 12.9. The number of amides is 2. The zero-order valence-corrected chi connectivity index (χ0v) is 22.3. The van der Waals surface area contributed by atoms with Gasteiger partial charge in [0.05, 0.1) is 12.1 Å². The van der Waals surface area contributed by atoms with Crippen LogP contribution >= 0.6 is 0 Å². The molecule has 11 heteroatoms. The van der Waals surface area contributed by atoms with Crippen molar-refractivity contribution in [3.8, 4) is 5.88 Å². The van der Waals surface area contributed by atoms with Gasteiger partial charge in [-0.05, 0) is 39.7 Å².